The molecule has 0 aliphatic heterocycles. The molecule has 0 spiro atoms. The Morgan fingerprint density at radius 2 is 1.96 bits per heavy atom. The van der Waals surface area contributed by atoms with E-state index in [2.05, 4.69) is 15.7 Å². The van der Waals surface area contributed by atoms with Crippen molar-refractivity contribution in [1.82, 2.24) is 9.78 Å². The van der Waals surface area contributed by atoms with Gasteiger partial charge in [0.15, 0.2) is 10.9 Å². The first-order valence-electron chi connectivity index (χ1n) is 7.94. The topological polar surface area (TPSA) is 51.1 Å². The van der Waals surface area contributed by atoms with Gasteiger partial charge in [0.25, 0.3) is 0 Å². The predicted octanol–water partition coefficient (Wildman–Crippen LogP) is 5.85. The van der Waals surface area contributed by atoms with Gasteiger partial charge in [-0.3, -0.25) is 4.68 Å². The van der Waals surface area contributed by atoms with Gasteiger partial charge in [-0.05, 0) is 42.5 Å². The fraction of sp³-hybridized carbons (Fsp3) is 0.111. The Balaban J connectivity index is 1.73. The number of nitrogens with zero attached hydrogens (tertiary/aromatic N) is 2. The quantitative estimate of drug-likeness (QED) is 0.469. The standard InChI is InChI=1S/C18H14Cl3FN4OS/c1-27-16-6-5-10(19)7-15(16)23-18(28)24-17-13(21)9-26(25-17)8-11-12(20)3-2-4-14(11)22/h2-7,9H,8H2,1H3,(H2,23,24,25,28). The van der Waals surface area contributed by atoms with Crippen LogP contribution in [0.3, 0.4) is 0 Å². The zero-order chi connectivity index (χ0) is 20.3. The first-order valence-corrected chi connectivity index (χ1v) is 9.49. The van der Waals surface area contributed by atoms with Crippen molar-refractivity contribution in [1.29, 1.82) is 0 Å². The van der Waals surface area contributed by atoms with Gasteiger partial charge < -0.3 is 15.4 Å². The van der Waals surface area contributed by atoms with Crippen LogP contribution in [0.15, 0.2) is 42.6 Å². The molecule has 3 rings (SSSR count). The van der Waals surface area contributed by atoms with Crippen LogP contribution >= 0.6 is 47.0 Å². The van der Waals surface area contributed by atoms with Crippen LogP contribution in [-0.4, -0.2) is 22.0 Å². The molecule has 2 aromatic carbocycles. The van der Waals surface area contributed by atoms with Gasteiger partial charge in [-0.1, -0.05) is 40.9 Å². The molecule has 0 aliphatic carbocycles. The normalized spacial score (nSPS) is 10.6. The van der Waals surface area contributed by atoms with E-state index in [0.717, 1.165) is 0 Å². The summed E-state index contributed by atoms with van der Waals surface area (Å²) in [6, 6.07) is 9.58. The molecule has 3 aromatic rings. The van der Waals surface area contributed by atoms with E-state index < -0.39 is 5.82 Å². The summed E-state index contributed by atoms with van der Waals surface area (Å²) in [6.07, 6.45) is 1.55. The lowest BCUT2D eigenvalue weighted by Gasteiger charge is -2.13. The van der Waals surface area contributed by atoms with Crippen LogP contribution in [0.4, 0.5) is 15.9 Å². The molecule has 0 aliphatic rings. The number of benzene rings is 2. The molecule has 5 nitrogen and oxygen atoms in total. The number of nitrogens with one attached hydrogen (secondary N) is 2. The van der Waals surface area contributed by atoms with Gasteiger partial charge in [-0.15, -0.1) is 0 Å². The maximum atomic E-state index is 14.0. The number of methoxy groups -OCH3 is 1. The number of rotatable bonds is 5. The number of halogens is 4. The van der Waals surface area contributed by atoms with Crippen LogP contribution in [0.1, 0.15) is 5.56 Å². The first kappa shape index (κ1) is 20.7. The smallest absolute Gasteiger partial charge is 0.176 e. The Labute approximate surface area is 181 Å². The number of ether oxygens (including phenoxy) is 1. The molecule has 0 amide bonds. The third-order valence-electron chi connectivity index (χ3n) is 3.74. The second-order valence-electron chi connectivity index (χ2n) is 5.65. The van der Waals surface area contributed by atoms with E-state index in [-0.39, 0.29) is 11.7 Å². The molecule has 1 heterocycles. The fourth-order valence-electron chi connectivity index (χ4n) is 2.45. The average Bonchev–Trinajstić information content (AvgIpc) is 2.97. The van der Waals surface area contributed by atoms with Crippen molar-refractivity contribution in [2.24, 2.45) is 0 Å². The van der Waals surface area contributed by atoms with E-state index in [1.807, 2.05) is 0 Å². The van der Waals surface area contributed by atoms with Gasteiger partial charge in [0, 0.05) is 21.8 Å². The number of anilines is 2. The Morgan fingerprint density at radius 1 is 1.18 bits per heavy atom. The maximum Gasteiger partial charge on any atom is 0.176 e. The molecule has 28 heavy (non-hydrogen) atoms. The van der Waals surface area contributed by atoms with Crippen molar-refractivity contribution in [3.05, 3.63) is 69.0 Å². The van der Waals surface area contributed by atoms with Gasteiger partial charge in [0.2, 0.25) is 0 Å². The molecule has 0 saturated heterocycles. The number of hydrogen-bond acceptors (Lipinski definition) is 3. The van der Waals surface area contributed by atoms with Crippen molar-refractivity contribution in [3.63, 3.8) is 0 Å². The molecular formula is C18H14Cl3FN4OS. The Hall–Kier alpha value is -2.06. The fourth-order valence-corrected chi connectivity index (χ4v) is 3.25. The highest BCUT2D eigenvalue weighted by Gasteiger charge is 2.13. The van der Waals surface area contributed by atoms with Gasteiger partial charge in [-0.2, -0.15) is 5.10 Å². The monoisotopic (exact) mass is 458 g/mol. The molecule has 0 fully saturated rings. The highest BCUT2D eigenvalue weighted by Crippen LogP contribution is 2.28. The van der Waals surface area contributed by atoms with E-state index in [0.29, 0.717) is 37.9 Å². The molecule has 0 saturated carbocycles. The van der Waals surface area contributed by atoms with Crippen LogP contribution in [0.25, 0.3) is 0 Å². The molecule has 0 radical (unpaired) electrons. The summed E-state index contributed by atoms with van der Waals surface area (Å²) >= 11 is 23.6. The van der Waals surface area contributed by atoms with Crippen molar-refractivity contribution < 1.29 is 9.13 Å². The Kier molecular flexibility index (Phi) is 6.61. The van der Waals surface area contributed by atoms with Gasteiger partial charge in [0.05, 0.1) is 19.3 Å². The zero-order valence-corrected chi connectivity index (χ0v) is 17.6. The minimum atomic E-state index is -0.418. The van der Waals surface area contributed by atoms with Crippen molar-refractivity contribution in [3.8, 4) is 5.75 Å². The van der Waals surface area contributed by atoms with Gasteiger partial charge in [0.1, 0.15) is 16.6 Å². The second kappa shape index (κ2) is 8.96. The molecule has 2 N–H and O–H groups in total. The number of aromatic nitrogens is 2. The third kappa shape index (κ3) is 4.86. The molecule has 0 bridgehead atoms. The van der Waals surface area contributed by atoms with E-state index >= 15 is 0 Å². The predicted molar refractivity (Wildman–Crippen MR) is 116 cm³/mol. The lowest BCUT2D eigenvalue weighted by Crippen LogP contribution is -2.20. The molecular weight excluding hydrogens is 446 g/mol. The van der Waals surface area contributed by atoms with Crippen LogP contribution in [0.2, 0.25) is 15.1 Å². The van der Waals surface area contributed by atoms with Crippen LogP contribution in [0, 0.1) is 5.82 Å². The minimum absolute atomic E-state index is 0.120. The van der Waals surface area contributed by atoms with Crippen LogP contribution < -0.4 is 15.4 Å². The van der Waals surface area contributed by atoms with Crippen molar-refractivity contribution >= 4 is 63.6 Å². The molecule has 10 heteroatoms. The number of thiocarbonyl (C=S) groups is 1. The Bertz CT molecular complexity index is 1010. The first-order chi connectivity index (χ1) is 13.4. The Morgan fingerprint density at radius 3 is 2.68 bits per heavy atom. The summed E-state index contributed by atoms with van der Waals surface area (Å²) < 4.78 is 20.7. The highest BCUT2D eigenvalue weighted by atomic mass is 35.5. The summed E-state index contributed by atoms with van der Waals surface area (Å²) in [6.45, 7) is 0.120. The highest BCUT2D eigenvalue weighted by molar-refractivity contribution is 7.80. The molecule has 146 valence electrons. The third-order valence-corrected chi connectivity index (χ3v) is 4.81. The SMILES string of the molecule is COc1ccc(Cl)cc1NC(=S)Nc1nn(Cc2c(F)cccc2Cl)cc1Cl. The van der Waals surface area contributed by atoms with Gasteiger partial charge in [-0.25, -0.2) is 4.39 Å². The van der Waals surface area contributed by atoms with Crippen LogP contribution in [-0.2, 0) is 6.54 Å². The number of hydrogen-bond donors (Lipinski definition) is 2. The van der Waals surface area contributed by atoms with Gasteiger partial charge >= 0.3 is 0 Å². The van der Waals surface area contributed by atoms with E-state index in [1.54, 1.807) is 36.5 Å². The molecule has 0 atom stereocenters. The van der Waals surface area contributed by atoms with Crippen molar-refractivity contribution in [2.75, 3.05) is 17.7 Å². The lowest BCUT2D eigenvalue weighted by molar-refractivity contribution is 0.417. The molecule has 1 aromatic heterocycles. The molecule has 0 unspecified atom stereocenters. The summed E-state index contributed by atoms with van der Waals surface area (Å²) in [4.78, 5) is 0. The average molecular weight is 460 g/mol. The van der Waals surface area contributed by atoms with Crippen molar-refractivity contribution in [2.45, 2.75) is 6.54 Å². The van der Waals surface area contributed by atoms with E-state index in [9.17, 15) is 4.39 Å². The van der Waals surface area contributed by atoms with E-state index in [4.69, 9.17) is 51.8 Å². The summed E-state index contributed by atoms with van der Waals surface area (Å²) in [7, 11) is 1.54. The maximum absolute atomic E-state index is 14.0. The van der Waals surface area contributed by atoms with E-state index in [1.165, 1.54) is 17.9 Å². The minimum Gasteiger partial charge on any atom is -0.495 e. The lowest BCUT2D eigenvalue weighted by atomic mass is 10.2. The summed E-state index contributed by atoms with van der Waals surface area (Å²) in [5.74, 6) is 0.464. The summed E-state index contributed by atoms with van der Waals surface area (Å²) in [5, 5.41) is 11.5. The zero-order valence-electron chi connectivity index (χ0n) is 14.5. The summed E-state index contributed by atoms with van der Waals surface area (Å²) in [5.41, 5.74) is 0.903. The second-order valence-corrected chi connectivity index (χ2v) is 7.31. The van der Waals surface area contributed by atoms with Crippen LogP contribution in [0.5, 0.6) is 5.75 Å². The largest absolute Gasteiger partial charge is 0.495 e.